The number of ether oxygens (including phenoxy) is 1. The van der Waals surface area contributed by atoms with Gasteiger partial charge in [-0.1, -0.05) is 18.2 Å². The Morgan fingerprint density at radius 2 is 2.05 bits per heavy atom. The Bertz CT molecular complexity index is 693. The van der Waals surface area contributed by atoms with Gasteiger partial charge in [0.15, 0.2) is 0 Å². The van der Waals surface area contributed by atoms with E-state index >= 15 is 0 Å². The third-order valence-electron chi connectivity index (χ3n) is 2.79. The summed E-state index contributed by atoms with van der Waals surface area (Å²) < 4.78 is 5.64. The van der Waals surface area contributed by atoms with Crippen LogP contribution >= 0.6 is 15.9 Å². The number of rotatable bonds is 5. The number of aromatic amines is 1. The van der Waals surface area contributed by atoms with E-state index in [0.29, 0.717) is 21.4 Å². The zero-order valence-electron chi connectivity index (χ0n) is 11.9. The van der Waals surface area contributed by atoms with E-state index in [1.165, 1.54) is 6.08 Å². The van der Waals surface area contributed by atoms with E-state index in [9.17, 15) is 9.59 Å². The Hall–Kier alpha value is -2.34. The highest BCUT2D eigenvalue weighted by Gasteiger charge is 2.15. The summed E-state index contributed by atoms with van der Waals surface area (Å²) in [6, 6.07) is 9.12. The van der Waals surface area contributed by atoms with E-state index in [4.69, 9.17) is 4.74 Å². The largest absolute Gasteiger partial charge is 0.461 e. The van der Waals surface area contributed by atoms with Crippen molar-refractivity contribution < 1.29 is 14.3 Å². The van der Waals surface area contributed by atoms with Crippen LogP contribution in [0.25, 0.3) is 6.08 Å². The van der Waals surface area contributed by atoms with Crippen molar-refractivity contribution in [2.24, 2.45) is 0 Å². The fourth-order valence-corrected chi connectivity index (χ4v) is 2.25. The number of amides is 1. The fourth-order valence-electron chi connectivity index (χ4n) is 1.81. The van der Waals surface area contributed by atoms with Crippen LogP contribution in [0, 0.1) is 0 Å². The van der Waals surface area contributed by atoms with Gasteiger partial charge in [-0.15, -0.1) is 0 Å². The second-order valence-electron chi connectivity index (χ2n) is 4.33. The van der Waals surface area contributed by atoms with E-state index in [0.717, 1.165) is 0 Å². The molecule has 1 aromatic carbocycles. The molecule has 0 unspecified atom stereocenters. The summed E-state index contributed by atoms with van der Waals surface area (Å²) in [7, 11) is 0. The number of hydrogen-bond donors (Lipinski definition) is 2. The summed E-state index contributed by atoms with van der Waals surface area (Å²) in [6.07, 6.45) is 4.55. The van der Waals surface area contributed by atoms with E-state index in [2.05, 4.69) is 26.2 Å². The topological polar surface area (TPSA) is 71.2 Å². The second-order valence-corrected chi connectivity index (χ2v) is 5.19. The van der Waals surface area contributed by atoms with Gasteiger partial charge in [0, 0.05) is 28.0 Å². The summed E-state index contributed by atoms with van der Waals surface area (Å²) >= 11 is 3.33. The van der Waals surface area contributed by atoms with Gasteiger partial charge in [0.25, 0.3) is 0 Å². The van der Waals surface area contributed by atoms with Gasteiger partial charge in [-0.05, 0) is 41.1 Å². The first kappa shape index (κ1) is 16.0. The van der Waals surface area contributed by atoms with Gasteiger partial charge in [0.2, 0.25) is 5.91 Å². The van der Waals surface area contributed by atoms with Crippen LogP contribution in [0.3, 0.4) is 0 Å². The lowest BCUT2D eigenvalue weighted by molar-refractivity contribution is -0.111. The van der Waals surface area contributed by atoms with Crippen molar-refractivity contribution in [2.75, 3.05) is 11.9 Å². The Balaban J connectivity index is 2.11. The second kappa shape index (κ2) is 7.61. The molecule has 6 heteroatoms. The smallest absolute Gasteiger partial charge is 0.355 e. The molecule has 0 bridgehead atoms. The quantitative estimate of drug-likeness (QED) is 0.630. The zero-order chi connectivity index (χ0) is 15.9. The maximum absolute atomic E-state index is 11.9. The summed E-state index contributed by atoms with van der Waals surface area (Å²) in [4.78, 5) is 26.5. The molecule has 0 atom stereocenters. The minimum Gasteiger partial charge on any atom is -0.461 e. The number of carbonyl (C=O) groups is 2. The monoisotopic (exact) mass is 362 g/mol. The summed E-state index contributed by atoms with van der Waals surface area (Å²) in [5, 5.41) is 2.73. The van der Waals surface area contributed by atoms with Crippen molar-refractivity contribution in [1.29, 1.82) is 0 Å². The Morgan fingerprint density at radius 1 is 1.32 bits per heavy atom. The lowest BCUT2D eigenvalue weighted by Crippen LogP contribution is -2.08. The zero-order valence-corrected chi connectivity index (χ0v) is 13.5. The van der Waals surface area contributed by atoms with Crippen LogP contribution in [0.5, 0.6) is 0 Å². The third-order valence-corrected chi connectivity index (χ3v) is 3.45. The molecule has 114 valence electrons. The molecular formula is C16H15BrN2O3. The molecule has 2 N–H and O–H groups in total. The predicted octanol–water partition coefficient (Wildman–Crippen LogP) is 3.61. The fraction of sp³-hybridized carbons (Fsp3) is 0.125. The third kappa shape index (κ3) is 4.08. The molecular weight excluding hydrogens is 348 g/mol. The van der Waals surface area contributed by atoms with Crippen LogP contribution in [0.4, 0.5) is 5.69 Å². The molecule has 22 heavy (non-hydrogen) atoms. The highest BCUT2D eigenvalue weighted by Crippen LogP contribution is 2.22. The van der Waals surface area contributed by atoms with Gasteiger partial charge in [-0.3, -0.25) is 4.79 Å². The SMILES string of the molecule is CCOC(=O)c1[nH]cc(Br)c1/C=C/C(=O)Nc1ccccc1. The first-order chi connectivity index (χ1) is 10.6. The lowest BCUT2D eigenvalue weighted by Gasteiger charge is -2.02. The van der Waals surface area contributed by atoms with Crippen molar-refractivity contribution in [2.45, 2.75) is 6.92 Å². The number of carbonyl (C=O) groups excluding carboxylic acids is 2. The maximum Gasteiger partial charge on any atom is 0.355 e. The number of esters is 1. The van der Waals surface area contributed by atoms with Crippen molar-refractivity contribution in [1.82, 2.24) is 4.98 Å². The van der Waals surface area contributed by atoms with Crippen LogP contribution in [0.2, 0.25) is 0 Å². The standard InChI is InChI=1S/C16H15BrN2O3/c1-2-22-16(21)15-12(13(17)10-18-15)8-9-14(20)19-11-6-4-3-5-7-11/h3-10,18H,2H2,1H3,(H,19,20)/b9-8+. The van der Waals surface area contributed by atoms with Crippen LogP contribution in [-0.2, 0) is 9.53 Å². The normalized spacial score (nSPS) is 10.6. The number of halogens is 1. The molecule has 0 aliphatic carbocycles. The van der Waals surface area contributed by atoms with E-state index < -0.39 is 5.97 Å². The van der Waals surface area contributed by atoms with E-state index in [1.807, 2.05) is 18.2 Å². The van der Waals surface area contributed by atoms with Gasteiger partial charge in [-0.25, -0.2) is 4.79 Å². The van der Waals surface area contributed by atoms with Crippen molar-refractivity contribution in [3.8, 4) is 0 Å². The lowest BCUT2D eigenvalue weighted by atomic mass is 10.2. The molecule has 0 saturated heterocycles. The van der Waals surface area contributed by atoms with E-state index in [1.54, 1.807) is 31.3 Å². The highest BCUT2D eigenvalue weighted by atomic mass is 79.9. The number of hydrogen-bond acceptors (Lipinski definition) is 3. The highest BCUT2D eigenvalue weighted by molar-refractivity contribution is 9.10. The molecule has 1 heterocycles. The number of nitrogens with one attached hydrogen (secondary N) is 2. The van der Waals surface area contributed by atoms with Gasteiger partial charge < -0.3 is 15.0 Å². The Labute approximate surface area is 136 Å². The van der Waals surface area contributed by atoms with Crippen LogP contribution in [-0.4, -0.2) is 23.5 Å². The molecule has 5 nitrogen and oxygen atoms in total. The molecule has 0 aliphatic rings. The average Bonchev–Trinajstić information content (AvgIpc) is 2.87. The molecule has 0 radical (unpaired) electrons. The number of para-hydroxylation sites is 1. The van der Waals surface area contributed by atoms with Gasteiger partial charge in [0.1, 0.15) is 5.69 Å². The van der Waals surface area contributed by atoms with Crippen LogP contribution in [0.15, 0.2) is 47.1 Å². The Morgan fingerprint density at radius 3 is 2.73 bits per heavy atom. The number of benzene rings is 1. The molecule has 1 aromatic heterocycles. The average molecular weight is 363 g/mol. The van der Waals surface area contributed by atoms with Crippen molar-refractivity contribution in [3.63, 3.8) is 0 Å². The molecule has 2 rings (SSSR count). The number of anilines is 1. The molecule has 0 saturated carbocycles. The summed E-state index contributed by atoms with van der Waals surface area (Å²) in [5.41, 5.74) is 1.58. The van der Waals surface area contributed by atoms with Crippen LogP contribution < -0.4 is 5.32 Å². The first-order valence-corrected chi connectivity index (χ1v) is 7.49. The molecule has 1 amide bonds. The molecule has 0 aliphatic heterocycles. The van der Waals surface area contributed by atoms with Crippen molar-refractivity contribution in [3.05, 3.63) is 58.3 Å². The van der Waals surface area contributed by atoms with Crippen LogP contribution in [0.1, 0.15) is 23.0 Å². The molecule has 0 spiro atoms. The van der Waals surface area contributed by atoms with Gasteiger partial charge >= 0.3 is 5.97 Å². The number of aromatic nitrogens is 1. The first-order valence-electron chi connectivity index (χ1n) is 6.70. The molecule has 0 fully saturated rings. The predicted molar refractivity (Wildman–Crippen MR) is 88.6 cm³/mol. The summed E-state index contributed by atoms with van der Waals surface area (Å²) in [6.45, 7) is 2.02. The van der Waals surface area contributed by atoms with Gasteiger partial charge in [0.05, 0.1) is 6.61 Å². The van der Waals surface area contributed by atoms with Gasteiger partial charge in [-0.2, -0.15) is 0 Å². The molecule has 2 aromatic rings. The maximum atomic E-state index is 11.9. The minimum absolute atomic E-state index is 0.283. The minimum atomic E-state index is -0.462. The Kier molecular flexibility index (Phi) is 5.55. The van der Waals surface area contributed by atoms with Crippen molar-refractivity contribution >= 4 is 39.6 Å². The summed E-state index contributed by atoms with van der Waals surface area (Å²) in [5.74, 6) is -0.745. The van der Waals surface area contributed by atoms with E-state index in [-0.39, 0.29) is 12.5 Å². The number of H-pyrrole nitrogens is 1.